The van der Waals surface area contributed by atoms with Gasteiger partial charge < -0.3 is 15.5 Å². The number of nitrogens with one attached hydrogen (secondary N) is 2. The van der Waals surface area contributed by atoms with Crippen molar-refractivity contribution in [3.63, 3.8) is 0 Å². The van der Waals surface area contributed by atoms with Crippen LogP contribution in [0.4, 0.5) is 5.69 Å². The summed E-state index contributed by atoms with van der Waals surface area (Å²) in [6.45, 7) is 5.48. The minimum absolute atomic E-state index is 0.0857. The summed E-state index contributed by atoms with van der Waals surface area (Å²) in [6.07, 6.45) is 1.87. The molecular formula is C17H24ClN3O2. The minimum atomic E-state index is -0.123. The van der Waals surface area contributed by atoms with Gasteiger partial charge in [0.15, 0.2) is 0 Å². The fraction of sp³-hybridized carbons (Fsp3) is 0.529. The van der Waals surface area contributed by atoms with E-state index in [1.807, 2.05) is 20.9 Å². The van der Waals surface area contributed by atoms with E-state index in [2.05, 4.69) is 10.6 Å². The zero-order valence-electron chi connectivity index (χ0n) is 13.9. The third-order valence-corrected chi connectivity index (χ3v) is 4.50. The molecule has 5 nitrogen and oxygen atoms in total. The highest BCUT2D eigenvalue weighted by Crippen LogP contribution is 2.24. The molecule has 1 saturated heterocycles. The number of nitrogens with zero attached hydrogens (tertiary/aromatic N) is 1. The first kappa shape index (κ1) is 17.8. The quantitative estimate of drug-likeness (QED) is 0.888. The normalized spacial score (nSPS) is 15.5. The summed E-state index contributed by atoms with van der Waals surface area (Å²) in [6, 6.07) is 5.24. The van der Waals surface area contributed by atoms with Gasteiger partial charge in [-0.1, -0.05) is 25.4 Å². The summed E-state index contributed by atoms with van der Waals surface area (Å²) >= 11 is 6.20. The van der Waals surface area contributed by atoms with Crippen LogP contribution >= 0.6 is 11.6 Å². The topological polar surface area (TPSA) is 61.4 Å². The summed E-state index contributed by atoms with van der Waals surface area (Å²) in [5, 5.41) is 6.49. The molecule has 1 fully saturated rings. The fourth-order valence-corrected chi connectivity index (χ4v) is 2.80. The van der Waals surface area contributed by atoms with E-state index in [0.29, 0.717) is 16.3 Å². The molecule has 6 heteroatoms. The highest BCUT2D eigenvalue weighted by atomic mass is 35.5. The van der Waals surface area contributed by atoms with Crippen LogP contribution in [0.15, 0.2) is 18.2 Å². The number of amides is 2. The molecule has 23 heavy (non-hydrogen) atoms. The van der Waals surface area contributed by atoms with E-state index in [1.165, 1.54) is 0 Å². The lowest BCUT2D eigenvalue weighted by Crippen LogP contribution is -2.44. The zero-order chi connectivity index (χ0) is 17.0. The molecule has 2 amide bonds. The summed E-state index contributed by atoms with van der Waals surface area (Å²) < 4.78 is 0. The average molecular weight is 338 g/mol. The van der Waals surface area contributed by atoms with Crippen molar-refractivity contribution in [2.75, 3.05) is 25.5 Å². The number of anilines is 1. The van der Waals surface area contributed by atoms with E-state index in [-0.39, 0.29) is 23.8 Å². The number of carbonyl (C=O) groups is 2. The fourth-order valence-electron chi connectivity index (χ4n) is 2.60. The van der Waals surface area contributed by atoms with Crippen LogP contribution in [-0.4, -0.2) is 42.9 Å². The van der Waals surface area contributed by atoms with Crippen molar-refractivity contribution in [3.8, 4) is 0 Å². The molecule has 1 aliphatic heterocycles. The van der Waals surface area contributed by atoms with E-state index in [4.69, 9.17) is 11.6 Å². The molecule has 126 valence electrons. The third-order valence-electron chi connectivity index (χ3n) is 4.17. The Balaban J connectivity index is 2.16. The smallest absolute Gasteiger partial charge is 0.255 e. The van der Waals surface area contributed by atoms with Gasteiger partial charge in [0.05, 0.1) is 10.6 Å². The zero-order valence-corrected chi connectivity index (χ0v) is 14.6. The Hall–Kier alpha value is -1.59. The lowest BCUT2D eigenvalue weighted by atomic mass is 10.0. The van der Waals surface area contributed by atoms with Gasteiger partial charge in [-0.3, -0.25) is 9.59 Å². The molecule has 0 saturated carbocycles. The van der Waals surface area contributed by atoms with Gasteiger partial charge in [-0.05, 0) is 44.1 Å². The molecule has 0 spiro atoms. The second-order valence-electron chi connectivity index (χ2n) is 6.24. The maximum atomic E-state index is 12.7. The molecule has 1 aromatic carbocycles. The second-order valence-corrected chi connectivity index (χ2v) is 6.64. The van der Waals surface area contributed by atoms with Crippen molar-refractivity contribution in [3.05, 3.63) is 28.8 Å². The number of halogens is 1. The number of hydrogen-bond acceptors (Lipinski definition) is 3. The summed E-state index contributed by atoms with van der Waals surface area (Å²) in [5.41, 5.74) is 1.02. The standard InChI is InChI=1S/C17H24ClN3O2/c1-11(2)16(22)20-12-4-5-15(18)14(10-12)17(23)21(3)13-6-8-19-9-7-13/h4-5,10-11,13,19H,6-9H2,1-3H3,(H,20,22). The minimum Gasteiger partial charge on any atom is -0.339 e. The molecule has 1 heterocycles. The Morgan fingerprint density at radius 2 is 1.96 bits per heavy atom. The molecule has 0 unspecified atom stereocenters. The van der Waals surface area contributed by atoms with Crippen LogP contribution in [0.25, 0.3) is 0 Å². The average Bonchev–Trinajstić information content (AvgIpc) is 2.56. The molecule has 0 bridgehead atoms. The molecule has 2 rings (SSSR count). The monoisotopic (exact) mass is 337 g/mol. The number of carbonyl (C=O) groups excluding carboxylic acids is 2. The lowest BCUT2D eigenvalue weighted by Gasteiger charge is -2.32. The van der Waals surface area contributed by atoms with Crippen LogP contribution in [-0.2, 0) is 4.79 Å². The number of benzene rings is 1. The van der Waals surface area contributed by atoms with Gasteiger partial charge in [0.25, 0.3) is 5.91 Å². The van der Waals surface area contributed by atoms with E-state index in [9.17, 15) is 9.59 Å². The van der Waals surface area contributed by atoms with Gasteiger partial charge in [-0.25, -0.2) is 0 Å². The summed E-state index contributed by atoms with van der Waals surface area (Å²) in [5.74, 6) is -0.317. The maximum absolute atomic E-state index is 12.7. The van der Waals surface area contributed by atoms with Gasteiger partial charge >= 0.3 is 0 Å². The maximum Gasteiger partial charge on any atom is 0.255 e. The largest absolute Gasteiger partial charge is 0.339 e. The Labute approximate surface area is 142 Å². The van der Waals surface area contributed by atoms with Crippen LogP contribution in [0.3, 0.4) is 0 Å². The first-order valence-electron chi connectivity index (χ1n) is 7.98. The molecule has 0 aliphatic carbocycles. The van der Waals surface area contributed by atoms with Crippen LogP contribution in [0, 0.1) is 5.92 Å². The van der Waals surface area contributed by atoms with Crippen molar-refractivity contribution in [2.24, 2.45) is 5.92 Å². The number of hydrogen-bond donors (Lipinski definition) is 2. The Morgan fingerprint density at radius 1 is 1.30 bits per heavy atom. The molecule has 0 aromatic heterocycles. The van der Waals surface area contributed by atoms with Crippen LogP contribution < -0.4 is 10.6 Å². The number of rotatable bonds is 4. The van der Waals surface area contributed by atoms with Crippen molar-refractivity contribution in [1.29, 1.82) is 0 Å². The van der Waals surface area contributed by atoms with Crippen molar-refractivity contribution >= 4 is 29.1 Å². The molecule has 0 radical (unpaired) electrons. The second kappa shape index (κ2) is 7.79. The molecular weight excluding hydrogens is 314 g/mol. The van der Waals surface area contributed by atoms with Crippen LogP contribution in [0.1, 0.15) is 37.0 Å². The van der Waals surface area contributed by atoms with Crippen LogP contribution in [0.5, 0.6) is 0 Å². The highest BCUT2D eigenvalue weighted by Gasteiger charge is 2.24. The van der Waals surface area contributed by atoms with Crippen LogP contribution in [0.2, 0.25) is 5.02 Å². The van der Waals surface area contributed by atoms with E-state index in [0.717, 1.165) is 25.9 Å². The predicted molar refractivity (Wildman–Crippen MR) is 92.9 cm³/mol. The first-order valence-corrected chi connectivity index (χ1v) is 8.36. The Morgan fingerprint density at radius 3 is 2.57 bits per heavy atom. The molecule has 0 atom stereocenters. The van der Waals surface area contributed by atoms with E-state index in [1.54, 1.807) is 23.1 Å². The first-order chi connectivity index (χ1) is 10.9. The van der Waals surface area contributed by atoms with Gasteiger partial charge in [0.1, 0.15) is 0 Å². The van der Waals surface area contributed by atoms with Gasteiger partial charge in [-0.2, -0.15) is 0 Å². The molecule has 2 N–H and O–H groups in total. The summed E-state index contributed by atoms with van der Waals surface area (Å²) in [4.78, 5) is 26.3. The van der Waals surface area contributed by atoms with Crippen molar-refractivity contribution in [2.45, 2.75) is 32.7 Å². The molecule has 1 aromatic rings. The van der Waals surface area contributed by atoms with E-state index >= 15 is 0 Å². The van der Waals surface area contributed by atoms with Crippen molar-refractivity contribution in [1.82, 2.24) is 10.2 Å². The SMILES string of the molecule is CC(C)C(=O)Nc1ccc(Cl)c(C(=O)N(C)C2CCNCC2)c1. The van der Waals surface area contributed by atoms with E-state index < -0.39 is 0 Å². The predicted octanol–water partition coefficient (Wildman–Crippen LogP) is 2.76. The van der Waals surface area contributed by atoms with Crippen molar-refractivity contribution < 1.29 is 9.59 Å². The lowest BCUT2D eigenvalue weighted by molar-refractivity contribution is -0.118. The third kappa shape index (κ3) is 4.45. The van der Waals surface area contributed by atoms with Gasteiger partial charge in [0, 0.05) is 24.7 Å². The Kier molecular flexibility index (Phi) is 6.02. The van der Waals surface area contributed by atoms with Gasteiger partial charge in [-0.15, -0.1) is 0 Å². The Bertz CT molecular complexity index is 583. The molecule has 1 aliphatic rings. The van der Waals surface area contributed by atoms with Gasteiger partial charge in [0.2, 0.25) is 5.91 Å². The summed E-state index contributed by atoms with van der Waals surface area (Å²) in [7, 11) is 1.81. The number of piperidine rings is 1. The highest BCUT2D eigenvalue weighted by molar-refractivity contribution is 6.34.